The van der Waals surface area contributed by atoms with Crippen LogP contribution < -0.4 is 9.05 Å². The standard InChI is InChI=1S/C26H26NO2PSe/c1-17(2)27(18(3)4)30(31)28-23-15-13-19-9-5-7-11-21(19)25(23)26-22-12-8-6-10-20(22)14-16-24(26)29-30/h5-18H,1-4H3. The Morgan fingerprint density at radius 3 is 1.48 bits per heavy atom. The van der Waals surface area contributed by atoms with Crippen molar-refractivity contribution in [1.29, 1.82) is 0 Å². The molecule has 1 aliphatic heterocycles. The molecule has 1 aliphatic rings. The molecule has 0 saturated carbocycles. The number of hydrogen-bond acceptors (Lipinski definition) is 3. The number of rotatable bonds is 3. The van der Waals surface area contributed by atoms with Crippen molar-refractivity contribution in [2.24, 2.45) is 0 Å². The zero-order valence-corrected chi connectivity index (χ0v) is 20.8. The third-order valence-electron chi connectivity index (χ3n) is 5.80. The second-order valence-electron chi connectivity index (χ2n) is 8.54. The van der Waals surface area contributed by atoms with E-state index in [9.17, 15) is 0 Å². The summed E-state index contributed by atoms with van der Waals surface area (Å²) in [6.07, 6.45) is -2.54. The van der Waals surface area contributed by atoms with Crippen LogP contribution in [-0.4, -0.2) is 31.9 Å². The van der Waals surface area contributed by atoms with Gasteiger partial charge in [-0.05, 0) is 0 Å². The molecule has 3 nitrogen and oxygen atoms in total. The number of hydrogen-bond donors (Lipinski definition) is 0. The first-order chi connectivity index (χ1) is 14.9. The molecule has 0 radical (unpaired) electrons. The minimum absolute atomic E-state index is 0.264. The van der Waals surface area contributed by atoms with E-state index in [-0.39, 0.29) is 12.1 Å². The first-order valence-corrected chi connectivity index (χ1v) is 14.5. The van der Waals surface area contributed by atoms with Gasteiger partial charge in [0.25, 0.3) is 0 Å². The monoisotopic (exact) mass is 495 g/mol. The predicted molar refractivity (Wildman–Crippen MR) is 133 cm³/mol. The van der Waals surface area contributed by atoms with Crippen molar-refractivity contribution >= 4 is 42.8 Å². The first-order valence-electron chi connectivity index (χ1n) is 10.7. The Bertz CT molecular complexity index is 1250. The Morgan fingerprint density at radius 1 is 0.645 bits per heavy atom. The van der Waals surface area contributed by atoms with Crippen LogP contribution in [0.1, 0.15) is 27.7 Å². The van der Waals surface area contributed by atoms with Crippen molar-refractivity contribution in [3.05, 3.63) is 72.8 Å². The van der Waals surface area contributed by atoms with Crippen LogP contribution in [0.5, 0.6) is 11.5 Å². The van der Waals surface area contributed by atoms with Crippen LogP contribution in [0.3, 0.4) is 0 Å². The quantitative estimate of drug-likeness (QED) is 0.219. The van der Waals surface area contributed by atoms with Crippen molar-refractivity contribution < 1.29 is 9.05 Å². The molecule has 4 aromatic carbocycles. The van der Waals surface area contributed by atoms with E-state index in [4.69, 9.17) is 9.05 Å². The van der Waals surface area contributed by atoms with E-state index < -0.39 is 6.11 Å². The topological polar surface area (TPSA) is 21.7 Å². The summed E-state index contributed by atoms with van der Waals surface area (Å²) >= 11 is 3.37. The van der Waals surface area contributed by atoms with Crippen LogP contribution >= 0.6 is 6.11 Å². The van der Waals surface area contributed by atoms with Crippen LogP contribution in [0.25, 0.3) is 32.7 Å². The van der Waals surface area contributed by atoms with Gasteiger partial charge in [-0.15, -0.1) is 0 Å². The minimum atomic E-state index is -2.54. The van der Waals surface area contributed by atoms with Gasteiger partial charge in [0.2, 0.25) is 0 Å². The zero-order chi connectivity index (χ0) is 21.8. The molecule has 0 N–H and O–H groups in total. The van der Waals surface area contributed by atoms with Crippen molar-refractivity contribution in [3.63, 3.8) is 0 Å². The SMILES string of the molecule is CC(C)N(C(C)C)P1(=[Se])Oc2ccc3ccccc3c2-c2c(ccc3ccccc23)O1. The molecule has 5 heteroatoms. The Morgan fingerprint density at radius 2 is 1.06 bits per heavy atom. The predicted octanol–water partition coefficient (Wildman–Crippen LogP) is 7.40. The molecule has 0 fully saturated rings. The second-order valence-corrected chi connectivity index (χ2v) is 13.2. The second kappa shape index (κ2) is 7.80. The molecule has 0 atom stereocenters. The molecule has 4 aromatic rings. The number of nitrogens with zero attached hydrogens (tertiary/aromatic N) is 1. The van der Waals surface area contributed by atoms with E-state index in [1.54, 1.807) is 0 Å². The normalized spacial score (nSPS) is 14.9. The summed E-state index contributed by atoms with van der Waals surface area (Å²) in [5, 5.41) is 4.74. The molecular formula is C26H26NO2PSe. The van der Waals surface area contributed by atoms with Gasteiger partial charge in [-0.3, -0.25) is 0 Å². The van der Waals surface area contributed by atoms with Crippen molar-refractivity contribution in [2.75, 3.05) is 0 Å². The third-order valence-corrected chi connectivity index (χ3v) is 10.3. The summed E-state index contributed by atoms with van der Waals surface area (Å²) in [7, 11) is 0. The van der Waals surface area contributed by atoms with Crippen molar-refractivity contribution in [1.82, 2.24) is 4.67 Å². The number of benzene rings is 4. The van der Waals surface area contributed by atoms with E-state index in [0.717, 1.165) is 22.6 Å². The fourth-order valence-corrected chi connectivity index (χ4v) is 10.2. The van der Waals surface area contributed by atoms with Gasteiger partial charge in [0.15, 0.2) is 0 Å². The molecule has 31 heavy (non-hydrogen) atoms. The summed E-state index contributed by atoms with van der Waals surface area (Å²) in [6, 6.07) is 26.0. The molecule has 0 spiro atoms. The van der Waals surface area contributed by atoms with Crippen LogP contribution in [0.2, 0.25) is 0 Å². The van der Waals surface area contributed by atoms with Crippen molar-refractivity contribution in [3.8, 4) is 22.6 Å². The zero-order valence-electron chi connectivity index (χ0n) is 18.2. The summed E-state index contributed by atoms with van der Waals surface area (Å²) in [5.74, 6) is 1.74. The summed E-state index contributed by atoms with van der Waals surface area (Å²) in [6.45, 7) is 8.78. The third kappa shape index (κ3) is 3.43. The first kappa shape index (κ1) is 20.8. The number of fused-ring (bicyclic) bond motifs is 7. The van der Waals surface area contributed by atoms with Crippen LogP contribution in [0, 0.1) is 0 Å². The van der Waals surface area contributed by atoms with E-state index in [0.29, 0.717) is 0 Å². The van der Waals surface area contributed by atoms with Gasteiger partial charge in [-0.25, -0.2) is 0 Å². The van der Waals surface area contributed by atoms with Crippen molar-refractivity contribution in [2.45, 2.75) is 39.8 Å². The Hall–Kier alpha value is -2.09. The van der Waals surface area contributed by atoms with Crippen LogP contribution in [0.4, 0.5) is 0 Å². The van der Waals surface area contributed by atoms with Gasteiger partial charge in [0, 0.05) is 0 Å². The Balaban J connectivity index is 1.90. The molecule has 158 valence electrons. The fraction of sp³-hybridized carbons (Fsp3) is 0.231. The van der Waals surface area contributed by atoms with E-state index >= 15 is 0 Å². The maximum absolute atomic E-state index is 6.83. The maximum atomic E-state index is 6.83. The fourth-order valence-electron chi connectivity index (χ4n) is 4.69. The van der Waals surface area contributed by atoms with E-state index in [1.165, 1.54) is 21.5 Å². The van der Waals surface area contributed by atoms with E-state index in [2.05, 4.69) is 120 Å². The summed E-state index contributed by atoms with van der Waals surface area (Å²) in [4.78, 5) is 0. The molecule has 5 rings (SSSR count). The van der Waals surface area contributed by atoms with Gasteiger partial charge >= 0.3 is 192 Å². The summed E-state index contributed by atoms with van der Waals surface area (Å²) in [5.41, 5.74) is 2.21. The average Bonchev–Trinajstić information content (AvgIpc) is 2.86. The van der Waals surface area contributed by atoms with E-state index in [1.807, 2.05) is 0 Å². The molecular weight excluding hydrogens is 468 g/mol. The van der Waals surface area contributed by atoms with Gasteiger partial charge in [0.05, 0.1) is 0 Å². The Labute approximate surface area is 191 Å². The van der Waals surface area contributed by atoms with Gasteiger partial charge < -0.3 is 0 Å². The van der Waals surface area contributed by atoms with Crippen LogP contribution in [0.15, 0.2) is 72.8 Å². The molecule has 0 unspecified atom stereocenters. The van der Waals surface area contributed by atoms with Gasteiger partial charge in [-0.2, -0.15) is 0 Å². The van der Waals surface area contributed by atoms with Gasteiger partial charge in [-0.1, -0.05) is 0 Å². The summed E-state index contributed by atoms with van der Waals surface area (Å²) < 4.78 is 16.0. The Kier molecular flexibility index (Phi) is 5.23. The molecule has 0 saturated heterocycles. The molecule has 0 amide bonds. The van der Waals surface area contributed by atoms with Crippen LogP contribution in [-0.2, 0) is 0 Å². The molecule has 1 heterocycles. The van der Waals surface area contributed by atoms with Gasteiger partial charge in [0.1, 0.15) is 0 Å². The molecule has 0 aromatic heterocycles. The molecule has 0 aliphatic carbocycles. The molecule has 0 bridgehead atoms. The average molecular weight is 494 g/mol.